The lowest BCUT2D eigenvalue weighted by molar-refractivity contribution is 0.101. The van der Waals surface area contributed by atoms with Gasteiger partial charge in [0.2, 0.25) is 5.78 Å². The Balaban J connectivity index is 1.80. The van der Waals surface area contributed by atoms with Crippen LogP contribution in [0.1, 0.15) is 32.0 Å². The van der Waals surface area contributed by atoms with E-state index in [9.17, 15) is 18.4 Å². The zero-order chi connectivity index (χ0) is 20.5. The van der Waals surface area contributed by atoms with Crippen LogP contribution >= 0.6 is 0 Å². The number of para-hydroxylation sites is 1. The number of ketones is 1. The fourth-order valence-corrected chi connectivity index (χ4v) is 3.02. The Morgan fingerprint density at radius 3 is 2.38 bits per heavy atom. The van der Waals surface area contributed by atoms with Crippen molar-refractivity contribution in [2.75, 3.05) is 5.32 Å². The second kappa shape index (κ2) is 7.31. The van der Waals surface area contributed by atoms with Crippen LogP contribution in [0.5, 0.6) is 0 Å². The summed E-state index contributed by atoms with van der Waals surface area (Å²) in [5.41, 5.74) is 0.789. The number of rotatable bonds is 4. The molecular weight excluding hydrogens is 376 g/mol. The summed E-state index contributed by atoms with van der Waals surface area (Å²) in [6.45, 7) is 1.59. The molecule has 0 aliphatic rings. The summed E-state index contributed by atoms with van der Waals surface area (Å²) < 4.78 is 33.6. The van der Waals surface area contributed by atoms with Crippen LogP contribution in [-0.2, 0) is 0 Å². The number of hydrogen-bond donors (Lipinski definition) is 1. The number of fused-ring (bicyclic) bond motifs is 1. The molecule has 1 N–H and O–H groups in total. The highest BCUT2D eigenvalue weighted by molar-refractivity contribution is 6.18. The minimum Gasteiger partial charge on any atom is -0.450 e. The van der Waals surface area contributed by atoms with Crippen molar-refractivity contribution < 1.29 is 22.8 Å². The summed E-state index contributed by atoms with van der Waals surface area (Å²) >= 11 is 0. The standard InChI is InChI=1S/C23H15F2NO3/c1-13-10-11-14(12-18(13)25)21(27)22-20(16-7-3-5-9-19(16)29-22)26-23(28)15-6-2-4-8-17(15)24/h2-12H,1H3,(H,26,28). The summed E-state index contributed by atoms with van der Waals surface area (Å²) in [6, 6.07) is 16.3. The first-order valence-electron chi connectivity index (χ1n) is 8.84. The third-order valence-electron chi connectivity index (χ3n) is 4.59. The normalized spacial score (nSPS) is 10.9. The van der Waals surface area contributed by atoms with Crippen molar-refractivity contribution in [2.45, 2.75) is 6.92 Å². The number of carbonyl (C=O) groups is 2. The van der Waals surface area contributed by atoms with E-state index in [0.717, 1.165) is 6.07 Å². The summed E-state index contributed by atoms with van der Waals surface area (Å²) in [5, 5.41) is 3.06. The molecule has 0 radical (unpaired) electrons. The largest absolute Gasteiger partial charge is 0.450 e. The highest BCUT2D eigenvalue weighted by Gasteiger charge is 2.25. The van der Waals surface area contributed by atoms with Gasteiger partial charge in [-0.05, 0) is 42.8 Å². The Morgan fingerprint density at radius 1 is 0.897 bits per heavy atom. The van der Waals surface area contributed by atoms with Crippen molar-refractivity contribution in [2.24, 2.45) is 0 Å². The van der Waals surface area contributed by atoms with E-state index in [0.29, 0.717) is 16.5 Å². The molecule has 1 aromatic heterocycles. The lowest BCUT2D eigenvalue weighted by Crippen LogP contribution is -2.15. The van der Waals surface area contributed by atoms with E-state index in [4.69, 9.17) is 4.42 Å². The number of amides is 1. The third-order valence-corrected chi connectivity index (χ3v) is 4.59. The second-order valence-electron chi connectivity index (χ2n) is 6.53. The van der Waals surface area contributed by atoms with E-state index < -0.39 is 23.3 Å². The number of furan rings is 1. The van der Waals surface area contributed by atoms with E-state index in [-0.39, 0.29) is 22.6 Å². The van der Waals surface area contributed by atoms with Gasteiger partial charge in [-0.3, -0.25) is 9.59 Å². The van der Waals surface area contributed by atoms with Crippen LogP contribution in [0, 0.1) is 18.6 Å². The predicted molar refractivity (Wildman–Crippen MR) is 105 cm³/mol. The SMILES string of the molecule is Cc1ccc(C(=O)c2oc3ccccc3c2NC(=O)c2ccccc2F)cc1F. The molecule has 0 atom stereocenters. The molecule has 0 unspecified atom stereocenters. The first kappa shape index (κ1) is 18.6. The number of carbonyl (C=O) groups excluding carboxylic acids is 2. The minimum atomic E-state index is -0.723. The van der Waals surface area contributed by atoms with Gasteiger partial charge in [-0.2, -0.15) is 0 Å². The third kappa shape index (κ3) is 3.40. The molecule has 144 valence electrons. The Labute approximate surface area is 164 Å². The monoisotopic (exact) mass is 391 g/mol. The van der Waals surface area contributed by atoms with Crippen molar-refractivity contribution in [3.05, 3.63) is 101 Å². The van der Waals surface area contributed by atoms with Gasteiger partial charge in [-0.25, -0.2) is 8.78 Å². The first-order valence-corrected chi connectivity index (χ1v) is 8.84. The van der Waals surface area contributed by atoms with Crippen LogP contribution in [0.2, 0.25) is 0 Å². The number of hydrogen-bond acceptors (Lipinski definition) is 3. The highest BCUT2D eigenvalue weighted by atomic mass is 19.1. The fourth-order valence-electron chi connectivity index (χ4n) is 3.02. The van der Waals surface area contributed by atoms with Gasteiger partial charge in [0, 0.05) is 10.9 Å². The van der Waals surface area contributed by atoms with E-state index in [1.165, 1.54) is 36.4 Å². The van der Waals surface area contributed by atoms with Gasteiger partial charge in [0.1, 0.15) is 17.2 Å². The average molecular weight is 391 g/mol. The number of anilines is 1. The zero-order valence-corrected chi connectivity index (χ0v) is 15.3. The maximum atomic E-state index is 14.0. The van der Waals surface area contributed by atoms with E-state index in [1.807, 2.05) is 0 Å². The van der Waals surface area contributed by atoms with Crippen LogP contribution in [0.3, 0.4) is 0 Å². The number of benzene rings is 3. The first-order chi connectivity index (χ1) is 14.0. The zero-order valence-electron chi connectivity index (χ0n) is 15.3. The van der Waals surface area contributed by atoms with Crippen LogP contribution in [0.15, 0.2) is 71.1 Å². The Kier molecular flexibility index (Phi) is 4.68. The van der Waals surface area contributed by atoms with Crippen LogP contribution in [0.4, 0.5) is 14.5 Å². The van der Waals surface area contributed by atoms with Crippen LogP contribution in [0.25, 0.3) is 11.0 Å². The van der Waals surface area contributed by atoms with Gasteiger partial charge in [0.25, 0.3) is 5.91 Å². The molecule has 29 heavy (non-hydrogen) atoms. The van der Waals surface area contributed by atoms with Crippen molar-refractivity contribution in [3.63, 3.8) is 0 Å². The Morgan fingerprint density at radius 2 is 1.62 bits per heavy atom. The molecule has 0 aliphatic heterocycles. The average Bonchev–Trinajstić information content (AvgIpc) is 3.08. The summed E-state index contributed by atoms with van der Waals surface area (Å²) in [4.78, 5) is 25.6. The minimum absolute atomic E-state index is 0.0774. The molecule has 3 aromatic carbocycles. The lowest BCUT2D eigenvalue weighted by Gasteiger charge is -2.07. The van der Waals surface area contributed by atoms with Crippen molar-refractivity contribution in [1.29, 1.82) is 0 Å². The van der Waals surface area contributed by atoms with Gasteiger partial charge in [-0.15, -0.1) is 0 Å². The smallest absolute Gasteiger partial charge is 0.258 e. The summed E-state index contributed by atoms with van der Waals surface area (Å²) in [5.74, 6) is -2.68. The van der Waals surface area contributed by atoms with Gasteiger partial charge in [0.15, 0.2) is 5.76 Å². The molecule has 0 bridgehead atoms. The number of halogens is 2. The molecule has 0 saturated heterocycles. The second-order valence-corrected chi connectivity index (χ2v) is 6.53. The van der Waals surface area contributed by atoms with Crippen LogP contribution < -0.4 is 5.32 Å². The lowest BCUT2D eigenvalue weighted by atomic mass is 10.0. The molecular formula is C23H15F2NO3. The van der Waals surface area contributed by atoms with E-state index in [1.54, 1.807) is 31.2 Å². The van der Waals surface area contributed by atoms with Crippen LogP contribution in [-0.4, -0.2) is 11.7 Å². The summed E-state index contributed by atoms with van der Waals surface area (Å²) in [6.07, 6.45) is 0. The van der Waals surface area contributed by atoms with Gasteiger partial charge < -0.3 is 9.73 Å². The Bertz CT molecular complexity index is 1260. The molecule has 1 heterocycles. The molecule has 0 spiro atoms. The topological polar surface area (TPSA) is 59.3 Å². The summed E-state index contributed by atoms with van der Waals surface area (Å²) in [7, 11) is 0. The van der Waals surface area contributed by atoms with Gasteiger partial charge in [-0.1, -0.05) is 36.4 Å². The molecule has 0 fully saturated rings. The van der Waals surface area contributed by atoms with Gasteiger partial charge in [0.05, 0.1) is 11.3 Å². The van der Waals surface area contributed by atoms with Crippen molar-refractivity contribution >= 4 is 28.3 Å². The molecule has 4 rings (SSSR count). The molecule has 6 heteroatoms. The molecule has 4 nitrogen and oxygen atoms in total. The number of aryl methyl sites for hydroxylation is 1. The molecule has 1 amide bonds. The maximum Gasteiger partial charge on any atom is 0.258 e. The van der Waals surface area contributed by atoms with E-state index in [2.05, 4.69) is 5.32 Å². The molecule has 0 saturated carbocycles. The van der Waals surface area contributed by atoms with Crippen molar-refractivity contribution in [3.8, 4) is 0 Å². The molecule has 4 aromatic rings. The van der Waals surface area contributed by atoms with E-state index >= 15 is 0 Å². The van der Waals surface area contributed by atoms with Crippen molar-refractivity contribution in [1.82, 2.24) is 0 Å². The number of nitrogens with one attached hydrogen (secondary N) is 1. The highest BCUT2D eigenvalue weighted by Crippen LogP contribution is 2.33. The fraction of sp³-hybridized carbons (Fsp3) is 0.0435. The Hall–Kier alpha value is -3.80. The quantitative estimate of drug-likeness (QED) is 0.467. The predicted octanol–water partition coefficient (Wildman–Crippen LogP) is 5.50. The van der Waals surface area contributed by atoms with Gasteiger partial charge >= 0.3 is 0 Å². The molecule has 0 aliphatic carbocycles. The maximum absolute atomic E-state index is 14.0.